The van der Waals surface area contributed by atoms with E-state index < -0.39 is 6.10 Å². The van der Waals surface area contributed by atoms with Gasteiger partial charge in [0.2, 0.25) is 0 Å². The second-order valence-electron chi connectivity index (χ2n) is 4.89. The van der Waals surface area contributed by atoms with Crippen molar-refractivity contribution >= 4 is 23.2 Å². The maximum atomic E-state index is 10.3. The van der Waals surface area contributed by atoms with Crippen LogP contribution in [0, 0.1) is 0 Å². The molecule has 0 bridgehead atoms. The van der Waals surface area contributed by atoms with Gasteiger partial charge in [-0.25, -0.2) is 0 Å². The van der Waals surface area contributed by atoms with Crippen LogP contribution >= 0.6 is 23.2 Å². The maximum absolute atomic E-state index is 10.3. The molecule has 0 saturated heterocycles. The summed E-state index contributed by atoms with van der Waals surface area (Å²) in [6.07, 6.45) is 0.885. The molecule has 112 valence electrons. The fraction of sp³-hybridized carbons (Fsp3) is 0.294. The largest absolute Gasteiger partial charge is 0.494 e. The summed E-state index contributed by atoms with van der Waals surface area (Å²) in [6.45, 7) is 2.76. The maximum Gasteiger partial charge on any atom is 0.119 e. The van der Waals surface area contributed by atoms with Crippen molar-refractivity contribution in [1.82, 2.24) is 0 Å². The Morgan fingerprint density at radius 2 is 1.76 bits per heavy atom. The quantitative estimate of drug-likeness (QED) is 0.804. The molecule has 21 heavy (non-hydrogen) atoms. The fourth-order valence-electron chi connectivity index (χ4n) is 2.01. The smallest absolute Gasteiger partial charge is 0.119 e. The first kappa shape index (κ1) is 16.2. The summed E-state index contributed by atoms with van der Waals surface area (Å²) in [5, 5.41) is 11.3. The number of benzene rings is 2. The number of halogens is 2. The van der Waals surface area contributed by atoms with Gasteiger partial charge in [0, 0.05) is 6.42 Å². The molecule has 4 heteroatoms. The Bertz CT molecular complexity index is 582. The molecule has 0 aromatic heterocycles. The van der Waals surface area contributed by atoms with Gasteiger partial charge in [0.25, 0.3) is 0 Å². The minimum atomic E-state index is -0.581. The SMILES string of the molecule is CCCOc1ccc(C(O)Cc2ccc(Cl)c(Cl)c2)cc1. The van der Waals surface area contributed by atoms with Gasteiger partial charge in [-0.3, -0.25) is 0 Å². The number of ether oxygens (including phenoxy) is 1. The Kier molecular flexibility index (Phi) is 5.92. The molecular formula is C17H18Cl2O2. The molecule has 0 radical (unpaired) electrons. The molecule has 0 spiro atoms. The summed E-state index contributed by atoms with van der Waals surface area (Å²) in [4.78, 5) is 0. The van der Waals surface area contributed by atoms with Crippen molar-refractivity contribution in [3.63, 3.8) is 0 Å². The van der Waals surface area contributed by atoms with Crippen molar-refractivity contribution in [2.75, 3.05) is 6.61 Å². The van der Waals surface area contributed by atoms with Gasteiger partial charge in [0.15, 0.2) is 0 Å². The van der Waals surface area contributed by atoms with Crippen LogP contribution in [0.3, 0.4) is 0 Å². The number of aliphatic hydroxyl groups is 1. The van der Waals surface area contributed by atoms with Crippen LogP contribution in [-0.4, -0.2) is 11.7 Å². The van der Waals surface area contributed by atoms with Gasteiger partial charge in [0.1, 0.15) is 5.75 Å². The second-order valence-corrected chi connectivity index (χ2v) is 5.70. The average molecular weight is 325 g/mol. The lowest BCUT2D eigenvalue weighted by molar-refractivity contribution is 0.178. The van der Waals surface area contributed by atoms with E-state index in [9.17, 15) is 5.11 Å². The topological polar surface area (TPSA) is 29.5 Å². The molecule has 2 aromatic rings. The predicted molar refractivity (Wildman–Crippen MR) is 87.4 cm³/mol. The van der Waals surface area contributed by atoms with E-state index in [1.54, 1.807) is 12.1 Å². The minimum absolute atomic E-state index is 0.492. The monoisotopic (exact) mass is 324 g/mol. The molecule has 2 nitrogen and oxygen atoms in total. The minimum Gasteiger partial charge on any atom is -0.494 e. The van der Waals surface area contributed by atoms with Gasteiger partial charge < -0.3 is 9.84 Å². The Morgan fingerprint density at radius 3 is 2.38 bits per heavy atom. The molecule has 0 heterocycles. The van der Waals surface area contributed by atoms with E-state index in [2.05, 4.69) is 6.92 Å². The fourth-order valence-corrected chi connectivity index (χ4v) is 2.33. The summed E-state index contributed by atoms with van der Waals surface area (Å²) in [5.41, 5.74) is 1.80. The van der Waals surface area contributed by atoms with Crippen LogP contribution in [-0.2, 0) is 6.42 Å². The van der Waals surface area contributed by atoms with Crippen LogP contribution in [0.25, 0.3) is 0 Å². The lowest BCUT2D eigenvalue weighted by Gasteiger charge is -2.12. The van der Waals surface area contributed by atoms with E-state index in [1.807, 2.05) is 30.3 Å². The van der Waals surface area contributed by atoms with Gasteiger partial charge in [-0.2, -0.15) is 0 Å². The lowest BCUT2D eigenvalue weighted by Crippen LogP contribution is -2.02. The molecule has 0 aliphatic rings. The Morgan fingerprint density at radius 1 is 1.05 bits per heavy atom. The molecule has 1 unspecified atom stereocenters. The highest BCUT2D eigenvalue weighted by molar-refractivity contribution is 6.42. The summed E-state index contributed by atoms with van der Waals surface area (Å²) < 4.78 is 5.52. The van der Waals surface area contributed by atoms with E-state index in [4.69, 9.17) is 27.9 Å². The summed E-state index contributed by atoms with van der Waals surface area (Å²) >= 11 is 11.9. The van der Waals surface area contributed by atoms with Crippen LogP contribution in [0.1, 0.15) is 30.6 Å². The van der Waals surface area contributed by atoms with Gasteiger partial charge in [-0.15, -0.1) is 0 Å². The first-order valence-electron chi connectivity index (χ1n) is 6.95. The van der Waals surface area contributed by atoms with Crippen LogP contribution in [0.15, 0.2) is 42.5 Å². The average Bonchev–Trinajstić information content (AvgIpc) is 2.49. The number of rotatable bonds is 6. The number of hydrogen-bond donors (Lipinski definition) is 1. The van der Waals surface area contributed by atoms with Crippen LogP contribution in [0.4, 0.5) is 0 Å². The van der Waals surface area contributed by atoms with Gasteiger partial charge in [-0.05, 0) is 41.8 Å². The molecule has 0 amide bonds. The molecule has 0 fully saturated rings. The van der Waals surface area contributed by atoms with Crippen molar-refractivity contribution in [1.29, 1.82) is 0 Å². The third-order valence-electron chi connectivity index (χ3n) is 3.15. The Balaban J connectivity index is 2.02. The molecule has 0 aliphatic carbocycles. The van der Waals surface area contributed by atoms with Crippen LogP contribution in [0.5, 0.6) is 5.75 Å². The normalized spacial score (nSPS) is 12.2. The predicted octanol–water partition coefficient (Wildman–Crippen LogP) is 5.06. The van der Waals surface area contributed by atoms with Crippen molar-refractivity contribution in [3.05, 3.63) is 63.6 Å². The van der Waals surface area contributed by atoms with Gasteiger partial charge >= 0.3 is 0 Å². The van der Waals surface area contributed by atoms with Crippen LogP contribution in [0.2, 0.25) is 10.0 Å². The Hall–Kier alpha value is -1.22. The zero-order chi connectivity index (χ0) is 15.2. The first-order chi connectivity index (χ1) is 10.1. The molecule has 1 N–H and O–H groups in total. The molecule has 0 saturated carbocycles. The zero-order valence-electron chi connectivity index (χ0n) is 11.9. The summed E-state index contributed by atoms with van der Waals surface area (Å²) in [6, 6.07) is 12.9. The highest BCUT2D eigenvalue weighted by atomic mass is 35.5. The van der Waals surface area contributed by atoms with E-state index in [0.717, 1.165) is 23.3 Å². The third-order valence-corrected chi connectivity index (χ3v) is 3.89. The van der Waals surface area contributed by atoms with E-state index in [1.165, 1.54) is 0 Å². The van der Waals surface area contributed by atoms with Crippen LogP contribution < -0.4 is 4.74 Å². The third kappa shape index (κ3) is 4.63. The second kappa shape index (κ2) is 7.69. The van der Waals surface area contributed by atoms with E-state index in [-0.39, 0.29) is 0 Å². The van der Waals surface area contributed by atoms with Crippen molar-refractivity contribution < 1.29 is 9.84 Å². The Labute approximate surface area is 135 Å². The van der Waals surface area contributed by atoms with Crippen molar-refractivity contribution in [3.8, 4) is 5.75 Å². The molecule has 0 aliphatic heterocycles. The first-order valence-corrected chi connectivity index (χ1v) is 7.70. The molecule has 2 aromatic carbocycles. The standard InChI is InChI=1S/C17H18Cl2O2/c1-2-9-21-14-6-4-13(5-7-14)17(20)11-12-3-8-15(18)16(19)10-12/h3-8,10,17,20H,2,9,11H2,1H3. The van der Waals surface area contributed by atoms with Crippen molar-refractivity contribution in [2.45, 2.75) is 25.9 Å². The highest BCUT2D eigenvalue weighted by Gasteiger charge is 2.10. The molecular weight excluding hydrogens is 307 g/mol. The lowest BCUT2D eigenvalue weighted by atomic mass is 10.0. The number of hydrogen-bond acceptors (Lipinski definition) is 2. The van der Waals surface area contributed by atoms with Gasteiger partial charge in [0.05, 0.1) is 22.8 Å². The molecule has 2 rings (SSSR count). The van der Waals surface area contributed by atoms with E-state index >= 15 is 0 Å². The van der Waals surface area contributed by atoms with Gasteiger partial charge in [-0.1, -0.05) is 48.3 Å². The summed E-state index contributed by atoms with van der Waals surface area (Å²) in [5.74, 6) is 0.822. The summed E-state index contributed by atoms with van der Waals surface area (Å²) in [7, 11) is 0. The number of aliphatic hydroxyl groups excluding tert-OH is 1. The van der Waals surface area contributed by atoms with Crippen molar-refractivity contribution in [2.24, 2.45) is 0 Å². The van der Waals surface area contributed by atoms with E-state index in [0.29, 0.717) is 23.1 Å². The molecule has 1 atom stereocenters. The zero-order valence-corrected chi connectivity index (χ0v) is 13.4. The highest BCUT2D eigenvalue weighted by Crippen LogP contribution is 2.26.